The van der Waals surface area contributed by atoms with Crippen molar-refractivity contribution in [3.63, 3.8) is 0 Å². The molecule has 1 aliphatic rings. The third-order valence-corrected chi connectivity index (χ3v) is 4.12. The monoisotopic (exact) mass is 235 g/mol. The van der Waals surface area contributed by atoms with Crippen molar-refractivity contribution in [3.8, 4) is 0 Å². The van der Waals surface area contributed by atoms with Gasteiger partial charge in [-0.25, -0.2) is 4.72 Å². The Kier molecular flexibility index (Phi) is 4.51. The van der Waals surface area contributed by atoms with Crippen LogP contribution in [-0.2, 0) is 10.2 Å². The summed E-state index contributed by atoms with van der Waals surface area (Å²) in [4.78, 5) is 0. The van der Waals surface area contributed by atoms with Crippen LogP contribution in [0.25, 0.3) is 0 Å². The molecule has 90 valence electrons. The van der Waals surface area contributed by atoms with Crippen LogP contribution in [0.3, 0.4) is 0 Å². The van der Waals surface area contributed by atoms with Crippen LogP contribution < -0.4 is 10.0 Å². The van der Waals surface area contributed by atoms with Gasteiger partial charge in [0.15, 0.2) is 0 Å². The molecule has 0 radical (unpaired) electrons. The molecule has 0 amide bonds. The highest BCUT2D eigenvalue weighted by Crippen LogP contribution is 2.12. The Bertz CT molecular complexity index is 290. The molecular weight excluding hydrogens is 214 g/mol. The average Bonchev–Trinajstić information content (AvgIpc) is 2.63. The van der Waals surface area contributed by atoms with E-state index in [4.69, 9.17) is 0 Å². The first-order valence-electron chi connectivity index (χ1n) is 5.37. The van der Waals surface area contributed by atoms with Crippen molar-refractivity contribution in [1.29, 1.82) is 0 Å². The molecule has 2 N–H and O–H groups in total. The highest BCUT2D eigenvalue weighted by atomic mass is 32.2. The van der Waals surface area contributed by atoms with Gasteiger partial charge in [0.25, 0.3) is 10.2 Å². The first kappa shape index (κ1) is 12.9. The van der Waals surface area contributed by atoms with Crippen molar-refractivity contribution in [1.82, 2.24) is 14.3 Å². The Morgan fingerprint density at radius 1 is 1.47 bits per heavy atom. The molecule has 1 heterocycles. The van der Waals surface area contributed by atoms with Crippen molar-refractivity contribution in [2.45, 2.75) is 26.3 Å². The molecule has 0 aromatic carbocycles. The number of nitrogens with one attached hydrogen (secondary N) is 2. The second-order valence-corrected chi connectivity index (χ2v) is 6.13. The summed E-state index contributed by atoms with van der Waals surface area (Å²) < 4.78 is 27.7. The third kappa shape index (κ3) is 3.71. The van der Waals surface area contributed by atoms with E-state index in [1.165, 1.54) is 4.31 Å². The molecule has 0 aromatic rings. The van der Waals surface area contributed by atoms with E-state index in [1.807, 2.05) is 20.9 Å². The lowest BCUT2D eigenvalue weighted by atomic mass is 10.2. The van der Waals surface area contributed by atoms with E-state index in [2.05, 4.69) is 10.0 Å². The summed E-state index contributed by atoms with van der Waals surface area (Å²) in [5, 5.41) is 3.10. The van der Waals surface area contributed by atoms with E-state index < -0.39 is 10.2 Å². The number of nitrogens with zero attached hydrogens (tertiary/aromatic N) is 1. The second-order valence-electron chi connectivity index (χ2n) is 4.38. The van der Waals surface area contributed by atoms with Gasteiger partial charge < -0.3 is 5.32 Å². The van der Waals surface area contributed by atoms with Gasteiger partial charge in [0.05, 0.1) is 0 Å². The molecule has 1 saturated heterocycles. The molecule has 1 unspecified atom stereocenters. The van der Waals surface area contributed by atoms with Crippen LogP contribution in [0.2, 0.25) is 0 Å². The highest BCUT2D eigenvalue weighted by molar-refractivity contribution is 7.87. The first-order valence-corrected chi connectivity index (χ1v) is 6.81. The summed E-state index contributed by atoms with van der Waals surface area (Å²) >= 11 is 0. The summed E-state index contributed by atoms with van der Waals surface area (Å²) in [5.41, 5.74) is 0. The lowest BCUT2D eigenvalue weighted by Crippen LogP contribution is -2.42. The number of hydrogen-bond acceptors (Lipinski definition) is 3. The largest absolute Gasteiger partial charge is 0.316 e. The predicted molar refractivity (Wildman–Crippen MR) is 60.8 cm³/mol. The maximum Gasteiger partial charge on any atom is 0.279 e. The van der Waals surface area contributed by atoms with Crippen LogP contribution in [-0.4, -0.2) is 45.4 Å². The topological polar surface area (TPSA) is 61.4 Å². The van der Waals surface area contributed by atoms with Gasteiger partial charge in [-0.3, -0.25) is 0 Å². The summed E-state index contributed by atoms with van der Waals surface area (Å²) in [6.45, 7) is 5.66. The molecule has 0 aromatic heterocycles. The lowest BCUT2D eigenvalue weighted by molar-refractivity contribution is 0.448. The molecule has 1 aliphatic heterocycles. The Morgan fingerprint density at radius 2 is 2.13 bits per heavy atom. The lowest BCUT2D eigenvalue weighted by Gasteiger charge is -2.17. The maximum absolute atomic E-state index is 11.8. The fourth-order valence-electron chi connectivity index (χ4n) is 1.55. The minimum atomic E-state index is -3.25. The van der Waals surface area contributed by atoms with Gasteiger partial charge in [-0.15, -0.1) is 0 Å². The predicted octanol–water partition coefficient (Wildman–Crippen LogP) is -0.229. The SMILES string of the molecule is CNC1CCN(S(=O)(=O)NCC(C)C)C1. The van der Waals surface area contributed by atoms with Gasteiger partial charge in [-0.1, -0.05) is 13.8 Å². The van der Waals surface area contributed by atoms with E-state index in [9.17, 15) is 8.42 Å². The average molecular weight is 235 g/mol. The van der Waals surface area contributed by atoms with Crippen molar-refractivity contribution in [3.05, 3.63) is 0 Å². The van der Waals surface area contributed by atoms with E-state index in [0.29, 0.717) is 31.6 Å². The Morgan fingerprint density at radius 3 is 2.60 bits per heavy atom. The summed E-state index contributed by atoms with van der Waals surface area (Å²) in [7, 11) is -1.39. The van der Waals surface area contributed by atoms with Crippen molar-refractivity contribution < 1.29 is 8.42 Å². The van der Waals surface area contributed by atoms with Gasteiger partial charge in [0.1, 0.15) is 0 Å². The minimum Gasteiger partial charge on any atom is -0.316 e. The van der Waals surface area contributed by atoms with Crippen LogP contribution in [0.15, 0.2) is 0 Å². The highest BCUT2D eigenvalue weighted by Gasteiger charge is 2.30. The molecule has 0 aliphatic carbocycles. The van der Waals surface area contributed by atoms with Crippen LogP contribution in [0, 0.1) is 5.92 Å². The van der Waals surface area contributed by atoms with Gasteiger partial charge >= 0.3 is 0 Å². The van der Waals surface area contributed by atoms with Crippen molar-refractivity contribution in [2.75, 3.05) is 26.7 Å². The van der Waals surface area contributed by atoms with E-state index in [-0.39, 0.29) is 0 Å². The van der Waals surface area contributed by atoms with Crippen LogP contribution in [0.1, 0.15) is 20.3 Å². The molecule has 6 heteroatoms. The molecule has 0 saturated carbocycles. The van der Waals surface area contributed by atoms with E-state index >= 15 is 0 Å². The number of rotatable bonds is 5. The van der Waals surface area contributed by atoms with Crippen molar-refractivity contribution >= 4 is 10.2 Å². The molecule has 15 heavy (non-hydrogen) atoms. The fourth-order valence-corrected chi connectivity index (χ4v) is 2.99. The fraction of sp³-hybridized carbons (Fsp3) is 1.00. The summed E-state index contributed by atoms with van der Waals surface area (Å²) in [6, 6.07) is 0.292. The number of likely N-dealkylation sites (N-methyl/N-ethyl adjacent to an activating group) is 1. The van der Waals surface area contributed by atoms with Gasteiger partial charge in [0.2, 0.25) is 0 Å². The first-order chi connectivity index (χ1) is 6.95. The Hall–Kier alpha value is -0.170. The van der Waals surface area contributed by atoms with E-state index in [0.717, 1.165) is 6.42 Å². The minimum absolute atomic E-state index is 0.292. The zero-order valence-electron chi connectivity index (χ0n) is 9.66. The zero-order chi connectivity index (χ0) is 11.5. The number of hydrogen-bond donors (Lipinski definition) is 2. The van der Waals surface area contributed by atoms with Crippen LogP contribution >= 0.6 is 0 Å². The Labute approximate surface area is 92.4 Å². The van der Waals surface area contributed by atoms with Crippen molar-refractivity contribution in [2.24, 2.45) is 5.92 Å². The molecule has 0 spiro atoms. The summed E-state index contributed by atoms with van der Waals surface area (Å²) in [6.07, 6.45) is 0.888. The quantitative estimate of drug-likeness (QED) is 0.692. The summed E-state index contributed by atoms with van der Waals surface area (Å²) in [5.74, 6) is 0.336. The van der Waals surface area contributed by atoms with Gasteiger partial charge in [0, 0.05) is 25.7 Å². The van der Waals surface area contributed by atoms with Gasteiger partial charge in [-0.05, 0) is 19.4 Å². The molecule has 1 fully saturated rings. The molecule has 0 bridgehead atoms. The Balaban J connectivity index is 2.48. The molecule has 1 atom stereocenters. The normalized spacial score (nSPS) is 23.9. The second kappa shape index (κ2) is 5.25. The van der Waals surface area contributed by atoms with E-state index in [1.54, 1.807) is 0 Å². The van der Waals surface area contributed by atoms with Gasteiger partial charge in [-0.2, -0.15) is 12.7 Å². The molecule has 1 rings (SSSR count). The smallest absolute Gasteiger partial charge is 0.279 e. The molecular formula is C9H21N3O2S. The standard InChI is InChI=1S/C9H21N3O2S/c1-8(2)6-11-15(13,14)12-5-4-9(7-12)10-3/h8-11H,4-7H2,1-3H3. The van der Waals surface area contributed by atoms with Crippen LogP contribution in [0.5, 0.6) is 0 Å². The zero-order valence-corrected chi connectivity index (χ0v) is 10.5. The molecule has 5 nitrogen and oxygen atoms in total. The van der Waals surface area contributed by atoms with Crippen LogP contribution in [0.4, 0.5) is 0 Å². The third-order valence-electron chi connectivity index (χ3n) is 2.57. The maximum atomic E-state index is 11.8.